The molecule has 6 rings (SSSR count). The van der Waals surface area contributed by atoms with Gasteiger partial charge in [0.05, 0.1) is 55.0 Å². The van der Waals surface area contributed by atoms with Crippen LogP contribution in [0.25, 0.3) is 0 Å². The van der Waals surface area contributed by atoms with Crippen molar-refractivity contribution in [3.63, 3.8) is 0 Å². The van der Waals surface area contributed by atoms with Crippen LogP contribution in [0.3, 0.4) is 0 Å². The average Bonchev–Trinajstić information content (AvgIpc) is 3.71. The van der Waals surface area contributed by atoms with E-state index in [1.165, 1.54) is 12.5 Å². The van der Waals surface area contributed by atoms with Crippen LogP contribution < -0.4 is 16.4 Å². The van der Waals surface area contributed by atoms with E-state index in [0.29, 0.717) is 29.9 Å². The van der Waals surface area contributed by atoms with E-state index < -0.39 is 73.1 Å². The number of carbonyl (C=O) groups is 2. The number of carboxylic acid groups (broad SMARTS) is 1. The van der Waals surface area contributed by atoms with Gasteiger partial charge in [-0.3, -0.25) is 10.3 Å². The summed E-state index contributed by atoms with van der Waals surface area (Å²) in [6, 6.07) is -0.470. The summed E-state index contributed by atoms with van der Waals surface area (Å²) < 4.78 is 30.7. The van der Waals surface area contributed by atoms with Crippen LogP contribution in [-0.4, -0.2) is 166 Å². The number of aliphatic imine (C=N–C) groups is 1. The predicted octanol–water partition coefficient (Wildman–Crippen LogP) is 0.536. The standard InChI is InChI=1S/C42H63N5O14S2/c1-44-23-58-36-40(60-33(19-50)35(51)42(36,55)56)61-39-29(15-24-7-3-2-4-8-24)28-12-11-25-16-47(17-30(37(52)53)34(25)46-41(43)45-13-6-14-48)27(18-49)22-63-62-21-26-9-5-10-32(26)59-38(54)31(28)20-57-39/h11-12,15,17,20,26-29,32-33,35-36,39-40,44,48-51,55-56H,2-10,13-14,16,18-19,21-23H2,1H3,(H,52,53)(H3,43,45,46)/b12-11+/t26-,27+,28-,29+,32-,33+,35+,36-,39-,40-/m0/s1. The number of hydrogen-bond donors (Lipinski definition) is 10. The van der Waals surface area contributed by atoms with E-state index in [1.807, 2.05) is 6.08 Å². The molecule has 63 heavy (non-hydrogen) atoms. The van der Waals surface area contributed by atoms with Crippen LogP contribution in [-0.2, 0) is 33.3 Å². The van der Waals surface area contributed by atoms with Gasteiger partial charge in [0.25, 0.3) is 0 Å². The summed E-state index contributed by atoms with van der Waals surface area (Å²) in [6.45, 7) is -1.05. The maximum Gasteiger partial charge on any atom is 0.339 e. The van der Waals surface area contributed by atoms with Crippen molar-refractivity contribution >= 4 is 39.5 Å². The zero-order valence-electron chi connectivity index (χ0n) is 35.5. The van der Waals surface area contributed by atoms with E-state index in [1.54, 1.807) is 45.7 Å². The number of allylic oxidation sites excluding steroid dienone is 2. The third-order valence-electron chi connectivity index (χ3n) is 12.2. The molecule has 352 valence electrons. The first-order valence-corrected chi connectivity index (χ1v) is 24.1. The average molecular weight is 926 g/mol. The van der Waals surface area contributed by atoms with Crippen LogP contribution in [0.15, 0.2) is 63.7 Å². The Morgan fingerprint density at radius 3 is 2.59 bits per heavy atom. The van der Waals surface area contributed by atoms with Gasteiger partial charge in [-0.2, -0.15) is 0 Å². The zero-order valence-corrected chi connectivity index (χ0v) is 37.1. The molecule has 6 aliphatic rings. The van der Waals surface area contributed by atoms with Crippen LogP contribution in [0.2, 0.25) is 0 Å². The highest BCUT2D eigenvalue weighted by Crippen LogP contribution is 2.42. The minimum absolute atomic E-state index is 0.0773. The molecule has 2 aliphatic carbocycles. The second kappa shape index (κ2) is 23.3. The van der Waals surface area contributed by atoms with E-state index in [9.17, 15) is 45.3 Å². The van der Waals surface area contributed by atoms with Gasteiger partial charge in [0, 0.05) is 49.2 Å². The van der Waals surface area contributed by atoms with Gasteiger partial charge in [-0.15, -0.1) is 0 Å². The van der Waals surface area contributed by atoms with Crippen LogP contribution >= 0.6 is 21.6 Å². The smallest absolute Gasteiger partial charge is 0.339 e. The molecular weight excluding hydrogens is 863 g/mol. The van der Waals surface area contributed by atoms with E-state index >= 15 is 0 Å². The largest absolute Gasteiger partial charge is 0.478 e. The summed E-state index contributed by atoms with van der Waals surface area (Å²) >= 11 is 0. The number of fused-ring (bicyclic) bond motifs is 4. The quantitative estimate of drug-likeness (QED) is 0.0229. The Labute approximate surface area is 374 Å². The highest BCUT2D eigenvalue weighted by molar-refractivity contribution is 8.76. The third kappa shape index (κ3) is 12.2. The molecule has 2 bridgehead atoms. The fourth-order valence-electron chi connectivity index (χ4n) is 8.70. The third-order valence-corrected chi connectivity index (χ3v) is 14.7. The molecule has 3 fully saturated rings. The fourth-order valence-corrected chi connectivity index (χ4v) is 11.5. The van der Waals surface area contributed by atoms with E-state index in [0.717, 1.165) is 50.5 Å². The lowest BCUT2D eigenvalue weighted by Gasteiger charge is -2.47. The Morgan fingerprint density at radius 1 is 1.10 bits per heavy atom. The van der Waals surface area contributed by atoms with Crippen LogP contribution in [0.1, 0.15) is 57.8 Å². The summed E-state index contributed by atoms with van der Waals surface area (Å²) in [6.07, 6.45) is 7.00. The maximum atomic E-state index is 14.5. The van der Waals surface area contributed by atoms with Crippen molar-refractivity contribution < 1.29 is 69.0 Å². The lowest BCUT2D eigenvalue weighted by molar-refractivity contribution is -0.410. The fraction of sp³-hybridized carbons (Fsp3) is 0.690. The molecule has 19 nitrogen and oxygen atoms in total. The zero-order chi connectivity index (χ0) is 45.1. The molecule has 10 atom stereocenters. The first-order valence-electron chi connectivity index (χ1n) is 21.6. The Morgan fingerprint density at radius 2 is 1.87 bits per heavy atom. The monoisotopic (exact) mass is 925 g/mol. The second-order valence-corrected chi connectivity index (χ2v) is 19.1. The topological polar surface area (TPSA) is 288 Å². The Bertz CT molecular complexity index is 1770. The summed E-state index contributed by atoms with van der Waals surface area (Å²) in [4.78, 5) is 33.5. The number of aliphatic hydroxyl groups is 6. The number of carbonyl (C=O) groups excluding carboxylic acids is 1. The lowest BCUT2D eigenvalue weighted by Crippen LogP contribution is -2.69. The molecule has 0 amide bonds. The normalized spacial score (nSPS) is 33.6. The number of carboxylic acids is 1. The Kier molecular flexibility index (Phi) is 18.2. The number of nitrogens with one attached hydrogen (secondary N) is 2. The number of hydrogen-bond acceptors (Lipinski definition) is 18. The molecule has 1 saturated heterocycles. The van der Waals surface area contributed by atoms with Gasteiger partial charge in [-0.05, 0) is 64.0 Å². The number of rotatable bonds is 13. The number of nitrogens with zero attached hydrogens (tertiary/aromatic N) is 2. The Hall–Kier alpha value is -3.19. The number of aliphatic hydroxyl groups excluding tert-OH is 4. The second-order valence-electron chi connectivity index (χ2n) is 16.5. The lowest BCUT2D eigenvalue weighted by atomic mass is 9.80. The molecule has 0 spiro atoms. The van der Waals surface area contributed by atoms with Crippen molar-refractivity contribution in [3.8, 4) is 0 Å². The van der Waals surface area contributed by atoms with E-state index in [4.69, 9.17) is 29.4 Å². The molecule has 2 saturated carbocycles. The number of guanidine groups is 1. The van der Waals surface area contributed by atoms with Gasteiger partial charge in [0.1, 0.15) is 18.3 Å². The number of ether oxygens (including phenoxy) is 5. The molecule has 4 heterocycles. The molecule has 21 heteroatoms. The van der Waals surface area contributed by atoms with Gasteiger partial charge in [0.2, 0.25) is 12.1 Å². The number of nitrogens with two attached hydrogens (primary N) is 1. The predicted molar refractivity (Wildman–Crippen MR) is 233 cm³/mol. The van der Waals surface area contributed by atoms with Crippen LogP contribution in [0.4, 0.5) is 0 Å². The molecule has 0 aromatic carbocycles. The molecule has 0 aromatic rings. The van der Waals surface area contributed by atoms with E-state index in [2.05, 4.69) is 15.6 Å². The first kappa shape index (κ1) is 49.2. The van der Waals surface area contributed by atoms with Crippen LogP contribution in [0, 0.1) is 17.8 Å². The van der Waals surface area contributed by atoms with Crippen molar-refractivity contribution in [1.29, 1.82) is 0 Å². The molecule has 0 unspecified atom stereocenters. The van der Waals surface area contributed by atoms with Crippen molar-refractivity contribution in [1.82, 2.24) is 15.5 Å². The summed E-state index contributed by atoms with van der Waals surface area (Å²) in [5.41, 5.74) is 7.96. The molecular formula is C42H63N5O14S2. The molecule has 0 radical (unpaired) electrons. The summed E-state index contributed by atoms with van der Waals surface area (Å²) in [5.74, 6) is -5.32. The van der Waals surface area contributed by atoms with Gasteiger partial charge in [-0.25, -0.2) is 9.59 Å². The first-order chi connectivity index (χ1) is 30.4. The minimum atomic E-state index is -2.94. The van der Waals surface area contributed by atoms with Gasteiger partial charge < -0.3 is 75.4 Å². The van der Waals surface area contributed by atoms with Gasteiger partial charge >= 0.3 is 11.9 Å². The van der Waals surface area contributed by atoms with Gasteiger partial charge in [-0.1, -0.05) is 51.8 Å². The maximum absolute atomic E-state index is 14.5. The summed E-state index contributed by atoms with van der Waals surface area (Å²) in [7, 11) is 4.74. The molecule has 11 N–H and O–H groups in total. The molecule has 4 aliphatic heterocycles. The van der Waals surface area contributed by atoms with Crippen LogP contribution in [0.5, 0.6) is 0 Å². The van der Waals surface area contributed by atoms with E-state index in [-0.39, 0.29) is 67.9 Å². The van der Waals surface area contributed by atoms with Gasteiger partial charge in [0.15, 0.2) is 18.4 Å². The van der Waals surface area contributed by atoms with Crippen molar-refractivity contribution in [2.75, 3.05) is 58.2 Å². The minimum Gasteiger partial charge on any atom is -0.478 e. The van der Waals surface area contributed by atoms with Crippen molar-refractivity contribution in [2.24, 2.45) is 28.5 Å². The van der Waals surface area contributed by atoms with Crippen molar-refractivity contribution in [2.45, 2.75) is 107 Å². The summed E-state index contributed by atoms with van der Waals surface area (Å²) in [5, 5.41) is 79.5. The number of aliphatic carboxylic acids is 1. The number of esters is 1. The Balaban J connectivity index is 1.49. The molecule has 0 aromatic heterocycles. The van der Waals surface area contributed by atoms with Crippen molar-refractivity contribution in [3.05, 3.63) is 58.7 Å². The highest BCUT2D eigenvalue weighted by Gasteiger charge is 2.57. The SMILES string of the molecule is CNCO[C@H]1[C@H](O[C@@H]2OC=C3C(=O)O[C@H]4CCC[C@H]4CSSC[C@@H](CO)N4C=C(C(=O)O)C(NC(N)=NCCCO)=C(/C=C/[C@H]3[C@H]2C=C2CCCCC2)C4)O[C@H](CO)[C@@H](O)C1(O)O. The highest BCUT2D eigenvalue weighted by atomic mass is 33.1.